The smallest absolute Gasteiger partial charge is 0.251 e. The molecule has 134 valence electrons. The Morgan fingerprint density at radius 1 is 0.731 bits per heavy atom. The first-order chi connectivity index (χ1) is 12.5. The van der Waals surface area contributed by atoms with E-state index in [-0.39, 0.29) is 8.81 Å². The van der Waals surface area contributed by atoms with Gasteiger partial charge in [0.2, 0.25) is 0 Å². The molecule has 0 aromatic heterocycles. The van der Waals surface area contributed by atoms with Crippen molar-refractivity contribution >= 4 is 18.9 Å². The average molecular weight is 384 g/mol. The van der Waals surface area contributed by atoms with E-state index in [1.54, 1.807) is 0 Å². The van der Waals surface area contributed by atoms with Crippen LogP contribution in [-0.4, -0.2) is 20.8 Å². The van der Waals surface area contributed by atoms with Gasteiger partial charge in [-0.15, -0.1) is 0 Å². The van der Waals surface area contributed by atoms with E-state index in [0.29, 0.717) is 6.16 Å². The van der Waals surface area contributed by atoms with Crippen LogP contribution in [-0.2, 0) is 19.5 Å². The summed E-state index contributed by atoms with van der Waals surface area (Å²) < 4.78 is 28.2. The third kappa shape index (κ3) is 4.21. The molecule has 0 fully saturated rings. The molecule has 0 saturated carbocycles. The summed E-state index contributed by atoms with van der Waals surface area (Å²) in [6.45, 7) is 0. The van der Waals surface area contributed by atoms with Gasteiger partial charge in [-0.2, -0.15) is 8.42 Å². The lowest BCUT2D eigenvalue weighted by molar-refractivity contribution is 0.517. The van der Waals surface area contributed by atoms with Crippen molar-refractivity contribution in [1.29, 1.82) is 0 Å². The molecule has 0 aliphatic carbocycles. The van der Waals surface area contributed by atoms with Crippen LogP contribution in [0, 0.1) is 0 Å². The summed E-state index contributed by atoms with van der Waals surface area (Å²) in [5, 5.41) is 0. The zero-order chi connectivity index (χ0) is 18.5. The molecule has 0 amide bonds. The lowest BCUT2D eigenvalue weighted by Crippen LogP contribution is -2.32. The fraction of sp³-hybridized carbons (Fsp3) is 0.143. The van der Waals surface area contributed by atoms with Crippen molar-refractivity contribution in [3.05, 3.63) is 108 Å². The first-order valence-electron chi connectivity index (χ1n) is 8.30. The molecule has 3 aromatic rings. The van der Waals surface area contributed by atoms with E-state index >= 15 is 0 Å². The molecule has 0 heterocycles. The Labute approximate surface area is 157 Å². The Balaban J connectivity index is 2.18. The molecular formula is C21H21O3PS. The van der Waals surface area contributed by atoms with Gasteiger partial charge in [0.15, 0.2) is 0 Å². The summed E-state index contributed by atoms with van der Waals surface area (Å²) in [5.41, 5.74) is 2.86. The second-order valence-electron chi connectivity index (χ2n) is 6.11. The molecule has 3 aromatic carbocycles. The predicted molar refractivity (Wildman–Crippen MR) is 108 cm³/mol. The highest BCUT2D eigenvalue weighted by Gasteiger charge is 2.36. The molecule has 0 bridgehead atoms. The van der Waals surface area contributed by atoms with Crippen LogP contribution in [0.15, 0.2) is 91.0 Å². The normalized spacial score (nSPS) is 12.5. The molecule has 0 radical (unpaired) electrons. The highest BCUT2D eigenvalue weighted by Crippen LogP contribution is 2.43. The van der Waals surface area contributed by atoms with E-state index in [2.05, 4.69) is 36.4 Å². The van der Waals surface area contributed by atoms with Gasteiger partial charge < -0.3 is 0 Å². The molecule has 0 spiro atoms. The minimum atomic E-state index is -3.48. The molecular weight excluding hydrogens is 363 g/mol. The average Bonchev–Trinajstić information content (AvgIpc) is 2.67. The van der Waals surface area contributed by atoms with Gasteiger partial charge in [0.05, 0.1) is 11.7 Å². The summed E-state index contributed by atoms with van der Waals surface area (Å²) >= 11 is 0. The van der Waals surface area contributed by atoms with Gasteiger partial charge in [0.1, 0.15) is 0 Å². The maximum Gasteiger partial charge on any atom is 0.267 e. The molecule has 1 unspecified atom stereocenters. The van der Waals surface area contributed by atoms with Crippen molar-refractivity contribution in [2.45, 2.75) is 5.41 Å². The van der Waals surface area contributed by atoms with Crippen LogP contribution < -0.4 is 0 Å². The second kappa shape index (κ2) is 8.13. The number of hydrogen-bond acceptors (Lipinski definition) is 3. The Bertz CT molecular complexity index is 830. The monoisotopic (exact) mass is 384 g/mol. The van der Waals surface area contributed by atoms with E-state index < -0.39 is 15.5 Å². The van der Waals surface area contributed by atoms with Gasteiger partial charge in [0.25, 0.3) is 10.1 Å². The molecule has 3 rings (SSSR count). The van der Waals surface area contributed by atoms with Crippen molar-refractivity contribution in [3.63, 3.8) is 0 Å². The van der Waals surface area contributed by atoms with Crippen LogP contribution in [0.5, 0.6) is 0 Å². The first kappa shape index (κ1) is 18.8. The molecule has 0 aliphatic rings. The van der Waals surface area contributed by atoms with Gasteiger partial charge in [-0.25, -0.2) is 0 Å². The fourth-order valence-electron chi connectivity index (χ4n) is 3.22. The molecule has 0 aliphatic heterocycles. The summed E-state index contributed by atoms with van der Waals surface area (Å²) in [6.07, 6.45) is 1.63. The van der Waals surface area contributed by atoms with Crippen LogP contribution >= 0.6 is 8.81 Å². The zero-order valence-electron chi connectivity index (χ0n) is 14.5. The zero-order valence-corrected chi connectivity index (χ0v) is 16.3. The lowest BCUT2D eigenvalue weighted by atomic mass is 9.71. The van der Waals surface area contributed by atoms with Crippen LogP contribution in [0.25, 0.3) is 0 Å². The Morgan fingerprint density at radius 3 is 1.38 bits per heavy atom. The van der Waals surface area contributed by atoms with Crippen LogP contribution in [0.2, 0.25) is 0 Å². The van der Waals surface area contributed by atoms with E-state index in [1.807, 2.05) is 54.6 Å². The Morgan fingerprint density at radius 2 is 1.08 bits per heavy atom. The minimum Gasteiger partial charge on any atom is -0.251 e. The molecule has 0 N–H and O–H groups in total. The third-order valence-corrected chi connectivity index (χ3v) is 6.70. The Kier molecular flexibility index (Phi) is 5.87. The number of hydrogen-bond donors (Lipinski definition) is 0. The van der Waals surface area contributed by atoms with Crippen molar-refractivity contribution in [2.75, 3.05) is 12.4 Å². The number of rotatable bonds is 7. The van der Waals surface area contributed by atoms with E-state index in [9.17, 15) is 8.42 Å². The van der Waals surface area contributed by atoms with Crippen molar-refractivity contribution < 1.29 is 12.4 Å². The van der Waals surface area contributed by atoms with E-state index in [0.717, 1.165) is 22.9 Å². The lowest BCUT2D eigenvalue weighted by Gasteiger charge is -2.35. The van der Waals surface area contributed by atoms with Crippen LogP contribution in [0.4, 0.5) is 0 Å². The predicted octanol–water partition coefficient (Wildman–Crippen LogP) is 4.59. The van der Waals surface area contributed by atoms with Crippen molar-refractivity contribution in [2.24, 2.45) is 0 Å². The van der Waals surface area contributed by atoms with E-state index in [4.69, 9.17) is 3.97 Å². The standard InChI is InChI=1S/C21H21O3PS/c1-26(22,23)24-25-17-21(18-11-5-2-6-12-18,19-13-7-3-8-14-19)20-15-9-4-10-16-20/h2-16,25H,17H2,1H3. The summed E-state index contributed by atoms with van der Waals surface area (Å²) in [7, 11) is -3.66. The van der Waals surface area contributed by atoms with Gasteiger partial charge in [0, 0.05) is 15.0 Å². The van der Waals surface area contributed by atoms with Gasteiger partial charge >= 0.3 is 0 Å². The minimum absolute atomic E-state index is 0.176. The quantitative estimate of drug-likeness (QED) is 0.442. The molecule has 0 saturated heterocycles. The summed E-state index contributed by atoms with van der Waals surface area (Å²) in [4.78, 5) is 0. The summed E-state index contributed by atoms with van der Waals surface area (Å²) in [5.74, 6) is 0. The van der Waals surface area contributed by atoms with Crippen LogP contribution in [0.3, 0.4) is 0 Å². The third-order valence-electron chi connectivity index (χ3n) is 4.35. The van der Waals surface area contributed by atoms with Crippen molar-refractivity contribution in [3.8, 4) is 0 Å². The summed E-state index contributed by atoms with van der Waals surface area (Å²) in [6, 6.07) is 30.5. The fourth-order valence-corrected chi connectivity index (χ4v) is 5.14. The maximum atomic E-state index is 11.5. The largest absolute Gasteiger partial charge is 0.267 e. The van der Waals surface area contributed by atoms with Crippen LogP contribution in [0.1, 0.15) is 16.7 Å². The SMILES string of the molecule is CS(=O)(=O)OPCC(c1ccccc1)(c1ccccc1)c1ccccc1. The molecule has 26 heavy (non-hydrogen) atoms. The highest BCUT2D eigenvalue weighted by molar-refractivity contribution is 7.88. The molecule has 3 nitrogen and oxygen atoms in total. The van der Waals surface area contributed by atoms with E-state index in [1.165, 1.54) is 0 Å². The molecule has 5 heteroatoms. The van der Waals surface area contributed by atoms with Gasteiger partial charge in [-0.05, 0) is 16.7 Å². The van der Waals surface area contributed by atoms with Crippen molar-refractivity contribution in [1.82, 2.24) is 0 Å². The second-order valence-corrected chi connectivity index (χ2v) is 8.83. The maximum absolute atomic E-state index is 11.5. The Hall–Kier alpha value is -2.00. The first-order valence-corrected chi connectivity index (χ1v) is 11.2. The molecule has 1 atom stereocenters. The topological polar surface area (TPSA) is 43.4 Å². The highest BCUT2D eigenvalue weighted by atomic mass is 32.2. The van der Waals surface area contributed by atoms with Gasteiger partial charge in [-0.3, -0.25) is 3.97 Å². The number of benzene rings is 3. The van der Waals surface area contributed by atoms with Gasteiger partial charge in [-0.1, -0.05) is 91.0 Å².